The van der Waals surface area contributed by atoms with Crippen molar-refractivity contribution in [2.45, 2.75) is 25.8 Å². The fourth-order valence-electron chi connectivity index (χ4n) is 3.18. The van der Waals surface area contributed by atoms with Crippen molar-refractivity contribution in [3.63, 3.8) is 0 Å². The molecule has 0 spiro atoms. The van der Waals surface area contributed by atoms with Gasteiger partial charge in [-0.2, -0.15) is 5.26 Å². The molecule has 0 unspecified atom stereocenters. The van der Waals surface area contributed by atoms with Crippen molar-refractivity contribution < 1.29 is 14.4 Å². The van der Waals surface area contributed by atoms with Crippen molar-refractivity contribution in [2.24, 2.45) is 0 Å². The number of nitrogens with zero attached hydrogens (tertiary/aromatic N) is 4. The van der Waals surface area contributed by atoms with Gasteiger partial charge in [-0.15, -0.1) is 0 Å². The molecule has 28 heavy (non-hydrogen) atoms. The van der Waals surface area contributed by atoms with Gasteiger partial charge in [-0.3, -0.25) is 24.3 Å². The van der Waals surface area contributed by atoms with Crippen LogP contribution in [0, 0.1) is 11.3 Å². The summed E-state index contributed by atoms with van der Waals surface area (Å²) in [5, 5.41) is 8.84. The summed E-state index contributed by atoms with van der Waals surface area (Å²) in [6.07, 6.45) is 4.16. The van der Waals surface area contributed by atoms with Crippen LogP contribution >= 0.6 is 0 Å². The lowest BCUT2D eigenvalue weighted by Crippen LogP contribution is -2.34. The second kappa shape index (κ2) is 8.91. The molecule has 0 fully saturated rings. The molecule has 0 atom stereocenters. The maximum Gasteiger partial charge on any atom is 0.261 e. The highest BCUT2D eigenvalue weighted by atomic mass is 16.2. The predicted octanol–water partition coefficient (Wildman–Crippen LogP) is 2.40. The number of nitriles is 1. The molecule has 7 heteroatoms. The molecule has 0 bridgehead atoms. The molecular weight excluding hydrogens is 356 g/mol. The van der Waals surface area contributed by atoms with Gasteiger partial charge >= 0.3 is 0 Å². The third-order valence-electron chi connectivity index (χ3n) is 4.59. The number of carbonyl (C=O) groups is 3. The second-order valence-corrected chi connectivity index (χ2v) is 6.50. The van der Waals surface area contributed by atoms with Crippen molar-refractivity contribution in [2.75, 3.05) is 13.1 Å². The zero-order chi connectivity index (χ0) is 19.9. The maximum atomic E-state index is 12.6. The van der Waals surface area contributed by atoms with Crippen LogP contribution in [0.2, 0.25) is 0 Å². The van der Waals surface area contributed by atoms with E-state index in [2.05, 4.69) is 11.1 Å². The van der Waals surface area contributed by atoms with Crippen molar-refractivity contribution in [3.8, 4) is 6.07 Å². The predicted molar refractivity (Wildman–Crippen MR) is 101 cm³/mol. The standard InChI is InChI=1S/C21H20N4O3/c22-10-5-12-24(15-16-6-3-11-23-14-16)19(26)9-4-13-25-20(27)17-7-1-2-8-18(17)21(25)28/h1-3,6-8,11,14H,4-5,9,12-13,15H2. The minimum Gasteiger partial charge on any atom is -0.337 e. The van der Waals surface area contributed by atoms with Crippen LogP contribution in [0.5, 0.6) is 0 Å². The van der Waals surface area contributed by atoms with E-state index >= 15 is 0 Å². The maximum absolute atomic E-state index is 12.6. The van der Waals surface area contributed by atoms with Crippen molar-refractivity contribution in [1.82, 2.24) is 14.8 Å². The molecule has 1 aliphatic rings. The van der Waals surface area contributed by atoms with E-state index < -0.39 is 0 Å². The van der Waals surface area contributed by atoms with Gasteiger partial charge in [-0.25, -0.2) is 0 Å². The van der Waals surface area contributed by atoms with E-state index in [4.69, 9.17) is 5.26 Å². The zero-order valence-corrected chi connectivity index (χ0v) is 15.4. The molecule has 7 nitrogen and oxygen atoms in total. The average molecular weight is 376 g/mol. The van der Waals surface area contributed by atoms with E-state index in [1.807, 2.05) is 6.07 Å². The van der Waals surface area contributed by atoms with Crippen molar-refractivity contribution in [1.29, 1.82) is 5.26 Å². The summed E-state index contributed by atoms with van der Waals surface area (Å²) < 4.78 is 0. The molecule has 0 radical (unpaired) electrons. The summed E-state index contributed by atoms with van der Waals surface area (Å²) in [5.41, 5.74) is 1.70. The molecule has 1 aromatic heterocycles. The first-order valence-corrected chi connectivity index (χ1v) is 9.10. The Morgan fingerprint density at radius 2 is 1.82 bits per heavy atom. The number of carbonyl (C=O) groups excluding carboxylic acids is 3. The summed E-state index contributed by atoms with van der Waals surface area (Å²) in [7, 11) is 0. The topological polar surface area (TPSA) is 94.4 Å². The second-order valence-electron chi connectivity index (χ2n) is 6.50. The zero-order valence-electron chi connectivity index (χ0n) is 15.4. The first-order chi connectivity index (χ1) is 13.6. The number of rotatable bonds is 8. The van der Waals surface area contributed by atoms with E-state index in [0.717, 1.165) is 5.56 Å². The Morgan fingerprint density at radius 3 is 2.43 bits per heavy atom. The molecule has 0 saturated heterocycles. The fraction of sp³-hybridized carbons (Fsp3) is 0.286. The summed E-state index contributed by atoms with van der Waals surface area (Å²) in [6, 6.07) is 12.4. The van der Waals surface area contributed by atoms with Gasteiger partial charge in [0.1, 0.15) is 0 Å². The number of hydrogen-bond acceptors (Lipinski definition) is 5. The normalized spacial score (nSPS) is 12.6. The smallest absolute Gasteiger partial charge is 0.261 e. The van der Waals surface area contributed by atoms with E-state index in [1.165, 1.54) is 4.90 Å². The minimum atomic E-state index is -0.315. The molecule has 3 amide bonds. The SMILES string of the molecule is N#CCCN(Cc1cccnc1)C(=O)CCCN1C(=O)c2ccccc2C1=O. The lowest BCUT2D eigenvalue weighted by molar-refractivity contribution is -0.131. The summed E-state index contributed by atoms with van der Waals surface area (Å²) >= 11 is 0. The number of benzene rings is 1. The Labute approximate surface area is 163 Å². The van der Waals surface area contributed by atoms with E-state index in [-0.39, 0.29) is 37.1 Å². The Morgan fingerprint density at radius 1 is 1.11 bits per heavy atom. The molecular formula is C21H20N4O3. The lowest BCUT2D eigenvalue weighted by Gasteiger charge is -2.22. The lowest BCUT2D eigenvalue weighted by atomic mass is 10.1. The molecule has 0 saturated carbocycles. The largest absolute Gasteiger partial charge is 0.337 e. The van der Waals surface area contributed by atoms with Gasteiger partial charge in [0.2, 0.25) is 5.91 Å². The Bertz CT molecular complexity index is 886. The Kier molecular flexibility index (Phi) is 6.12. The number of fused-ring (bicyclic) bond motifs is 1. The van der Waals surface area contributed by atoms with Crippen molar-refractivity contribution in [3.05, 3.63) is 65.5 Å². The number of pyridine rings is 1. The highest BCUT2D eigenvalue weighted by Crippen LogP contribution is 2.22. The van der Waals surface area contributed by atoms with Gasteiger partial charge < -0.3 is 4.90 Å². The van der Waals surface area contributed by atoms with Crippen LogP contribution in [-0.4, -0.2) is 45.6 Å². The Balaban J connectivity index is 1.57. The first kappa shape index (κ1) is 19.2. The van der Waals surface area contributed by atoms with E-state index in [0.29, 0.717) is 30.6 Å². The van der Waals surface area contributed by atoms with Crippen LogP contribution < -0.4 is 0 Å². The van der Waals surface area contributed by atoms with Crippen LogP contribution in [0.25, 0.3) is 0 Å². The van der Waals surface area contributed by atoms with E-state index in [9.17, 15) is 14.4 Å². The molecule has 3 rings (SSSR count). The summed E-state index contributed by atoms with van der Waals surface area (Å²) in [4.78, 5) is 44.2. The summed E-state index contributed by atoms with van der Waals surface area (Å²) in [6.45, 7) is 0.898. The third kappa shape index (κ3) is 4.23. The molecule has 2 aromatic rings. The van der Waals surface area contributed by atoms with Gasteiger partial charge in [0.05, 0.1) is 23.6 Å². The van der Waals surface area contributed by atoms with Crippen LogP contribution in [-0.2, 0) is 11.3 Å². The molecule has 0 N–H and O–H groups in total. The Hall–Kier alpha value is -3.53. The van der Waals surface area contributed by atoms with Crippen LogP contribution in [0.1, 0.15) is 45.5 Å². The number of imide groups is 1. The average Bonchev–Trinajstić information content (AvgIpc) is 2.97. The third-order valence-corrected chi connectivity index (χ3v) is 4.59. The molecule has 1 aromatic carbocycles. The minimum absolute atomic E-state index is 0.115. The number of hydrogen-bond donors (Lipinski definition) is 0. The number of amides is 3. The van der Waals surface area contributed by atoms with Gasteiger partial charge in [0.25, 0.3) is 11.8 Å². The quantitative estimate of drug-likeness (QED) is 0.660. The van der Waals surface area contributed by atoms with Crippen LogP contribution in [0.3, 0.4) is 0 Å². The van der Waals surface area contributed by atoms with Gasteiger partial charge in [0, 0.05) is 38.4 Å². The number of aromatic nitrogens is 1. The highest BCUT2D eigenvalue weighted by Gasteiger charge is 2.34. The van der Waals surface area contributed by atoms with Crippen molar-refractivity contribution >= 4 is 17.7 Å². The molecule has 0 aliphatic carbocycles. The van der Waals surface area contributed by atoms with Gasteiger partial charge in [0.15, 0.2) is 0 Å². The monoisotopic (exact) mass is 376 g/mol. The highest BCUT2D eigenvalue weighted by molar-refractivity contribution is 6.21. The van der Waals surface area contributed by atoms with Crippen LogP contribution in [0.4, 0.5) is 0 Å². The van der Waals surface area contributed by atoms with Gasteiger partial charge in [-0.05, 0) is 30.2 Å². The van der Waals surface area contributed by atoms with Gasteiger partial charge in [-0.1, -0.05) is 18.2 Å². The summed E-state index contributed by atoms with van der Waals surface area (Å²) in [5.74, 6) is -0.745. The molecule has 2 heterocycles. The first-order valence-electron chi connectivity index (χ1n) is 9.10. The van der Waals surface area contributed by atoms with Crippen LogP contribution in [0.15, 0.2) is 48.8 Å². The fourth-order valence-corrected chi connectivity index (χ4v) is 3.18. The molecule has 1 aliphatic heterocycles. The molecule has 142 valence electrons. The van der Waals surface area contributed by atoms with E-state index in [1.54, 1.807) is 47.6 Å².